The molecule has 1 aliphatic rings. The summed E-state index contributed by atoms with van der Waals surface area (Å²) in [6.07, 6.45) is 2.68. The summed E-state index contributed by atoms with van der Waals surface area (Å²) in [5.74, 6) is 0.282. The smallest absolute Gasteiger partial charge is 0.343 e. The fraction of sp³-hybridized carbons (Fsp3) is 0.0833. The van der Waals surface area contributed by atoms with E-state index in [2.05, 4.69) is 22.9 Å². The molecule has 3 aromatic rings. The molecule has 0 unspecified atom stereocenters. The summed E-state index contributed by atoms with van der Waals surface area (Å²) < 4.78 is 12.0. The fourth-order valence-corrected chi connectivity index (χ4v) is 3.25. The molecule has 1 aliphatic heterocycles. The summed E-state index contributed by atoms with van der Waals surface area (Å²) in [5.41, 5.74) is 3.00. The van der Waals surface area contributed by atoms with Crippen LogP contribution in [0.3, 0.4) is 0 Å². The van der Waals surface area contributed by atoms with Crippen molar-refractivity contribution in [3.05, 3.63) is 99.2 Å². The second-order valence-corrected chi connectivity index (χ2v) is 7.50. The van der Waals surface area contributed by atoms with Crippen LogP contribution in [-0.4, -0.2) is 11.8 Å². The van der Waals surface area contributed by atoms with Crippen LogP contribution in [0.2, 0.25) is 0 Å². The second-order valence-electron chi connectivity index (χ2n) is 6.59. The van der Waals surface area contributed by atoms with E-state index in [1.807, 2.05) is 24.3 Å². The van der Waals surface area contributed by atoms with Gasteiger partial charge >= 0.3 is 5.97 Å². The van der Waals surface area contributed by atoms with E-state index in [0.29, 0.717) is 22.6 Å². The van der Waals surface area contributed by atoms with Crippen molar-refractivity contribution in [2.45, 2.75) is 13.3 Å². The molecule has 4 nitrogen and oxygen atoms in total. The number of esters is 1. The molecule has 144 valence electrons. The van der Waals surface area contributed by atoms with E-state index in [0.717, 1.165) is 16.5 Å². The first-order valence-electron chi connectivity index (χ1n) is 9.18. The maximum absolute atomic E-state index is 12.6. The molecule has 1 heterocycles. The maximum Gasteiger partial charge on any atom is 0.343 e. The van der Waals surface area contributed by atoms with E-state index in [4.69, 9.17) is 9.47 Å². The van der Waals surface area contributed by atoms with E-state index >= 15 is 0 Å². The third kappa shape index (κ3) is 4.15. The van der Waals surface area contributed by atoms with Gasteiger partial charge in [-0.3, -0.25) is 4.79 Å². The summed E-state index contributed by atoms with van der Waals surface area (Å²) in [6.45, 7) is 2.09. The van der Waals surface area contributed by atoms with Crippen LogP contribution >= 0.6 is 15.9 Å². The number of carbonyl (C=O) groups is 2. The quantitative estimate of drug-likeness (QED) is 0.285. The predicted octanol–water partition coefficient (Wildman–Crippen LogP) is 5.85. The Balaban J connectivity index is 1.52. The zero-order valence-electron chi connectivity index (χ0n) is 15.6. The summed E-state index contributed by atoms with van der Waals surface area (Å²) in [5, 5.41) is 0. The largest absolute Gasteiger partial charge is 0.452 e. The zero-order valence-corrected chi connectivity index (χ0v) is 17.2. The lowest BCUT2D eigenvalue weighted by molar-refractivity contribution is 0.0734. The number of aryl methyl sites for hydroxylation is 1. The zero-order chi connectivity index (χ0) is 20.4. The van der Waals surface area contributed by atoms with E-state index in [9.17, 15) is 9.59 Å². The standard InChI is InChI=1S/C24H17BrO4/c1-2-15-3-5-16(6-4-15)13-22-23(26)20-12-11-19(14-21(20)29-22)28-24(27)17-7-9-18(25)10-8-17/h3-14H,2H2,1H3. The number of allylic oxidation sites excluding steroid dienone is 1. The number of benzene rings is 3. The number of ketones is 1. The van der Waals surface area contributed by atoms with Gasteiger partial charge in [-0.1, -0.05) is 47.1 Å². The van der Waals surface area contributed by atoms with Crippen molar-refractivity contribution >= 4 is 33.8 Å². The van der Waals surface area contributed by atoms with Gasteiger partial charge in [0.2, 0.25) is 5.78 Å². The number of rotatable bonds is 4. The Hall–Kier alpha value is -3.18. The first-order chi connectivity index (χ1) is 14.0. The van der Waals surface area contributed by atoms with Gasteiger partial charge in [-0.05, 0) is 60.0 Å². The molecule has 0 spiro atoms. The van der Waals surface area contributed by atoms with Gasteiger partial charge in [0.05, 0.1) is 11.1 Å². The Kier molecular flexibility index (Phi) is 5.32. The van der Waals surface area contributed by atoms with Crippen molar-refractivity contribution in [2.24, 2.45) is 0 Å². The summed E-state index contributed by atoms with van der Waals surface area (Å²) in [7, 11) is 0. The molecule has 0 fully saturated rings. The minimum absolute atomic E-state index is 0.189. The molecule has 5 heteroatoms. The van der Waals surface area contributed by atoms with Crippen LogP contribution in [0.25, 0.3) is 6.08 Å². The van der Waals surface area contributed by atoms with E-state index < -0.39 is 5.97 Å². The number of carbonyl (C=O) groups excluding carboxylic acids is 2. The van der Waals surface area contributed by atoms with Gasteiger partial charge in [-0.25, -0.2) is 4.79 Å². The van der Waals surface area contributed by atoms with Gasteiger partial charge in [0.25, 0.3) is 0 Å². The molecule has 4 rings (SSSR count). The van der Waals surface area contributed by atoms with Crippen molar-refractivity contribution in [3.8, 4) is 11.5 Å². The van der Waals surface area contributed by atoms with Crippen LogP contribution < -0.4 is 9.47 Å². The highest BCUT2D eigenvalue weighted by atomic mass is 79.9. The number of ether oxygens (including phenoxy) is 2. The first-order valence-corrected chi connectivity index (χ1v) is 9.98. The lowest BCUT2D eigenvalue weighted by Gasteiger charge is -2.06. The van der Waals surface area contributed by atoms with Gasteiger partial charge in [-0.15, -0.1) is 0 Å². The van der Waals surface area contributed by atoms with E-state index in [-0.39, 0.29) is 11.5 Å². The molecule has 3 aromatic carbocycles. The fourth-order valence-electron chi connectivity index (χ4n) is 2.98. The Morgan fingerprint density at radius 2 is 1.76 bits per heavy atom. The van der Waals surface area contributed by atoms with Gasteiger partial charge < -0.3 is 9.47 Å². The minimum atomic E-state index is -0.478. The highest BCUT2D eigenvalue weighted by Gasteiger charge is 2.28. The Labute approximate surface area is 176 Å². The first kappa shape index (κ1) is 19.2. The highest BCUT2D eigenvalue weighted by Crippen LogP contribution is 2.35. The minimum Gasteiger partial charge on any atom is -0.452 e. The van der Waals surface area contributed by atoms with Crippen LogP contribution in [0.4, 0.5) is 0 Å². The number of fused-ring (bicyclic) bond motifs is 1. The predicted molar refractivity (Wildman–Crippen MR) is 114 cm³/mol. The topological polar surface area (TPSA) is 52.6 Å². The van der Waals surface area contributed by atoms with Gasteiger partial charge in [-0.2, -0.15) is 0 Å². The summed E-state index contributed by atoms with van der Waals surface area (Å²) >= 11 is 3.33. The van der Waals surface area contributed by atoms with Gasteiger partial charge in [0.15, 0.2) is 5.76 Å². The Morgan fingerprint density at radius 3 is 2.45 bits per heavy atom. The summed E-state index contributed by atoms with van der Waals surface area (Å²) in [4.78, 5) is 24.9. The van der Waals surface area contributed by atoms with Crippen LogP contribution in [0.1, 0.15) is 38.8 Å². The average Bonchev–Trinajstić information content (AvgIpc) is 3.03. The second kappa shape index (κ2) is 8.05. The van der Waals surface area contributed by atoms with E-state index in [1.165, 1.54) is 5.56 Å². The Bertz CT molecular complexity index is 1110. The molecule has 0 saturated heterocycles. The number of Topliss-reactive ketones (excluding diaryl/α,β-unsaturated/α-hetero) is 1. The lowest BCUT2D eigenvalue weighted by Crippen LogP contribution is -2.08. The van der Waals surface area contributed by atoms with Crippen molar-refractivity contribution in [1.82, 2.24) is 0 Å². The molecule has 0 aromatic heterocycles. The molecule has 0 atom stereocenters. The van der Waals surface area contributed by atoms with Crippen LogP contribution in [0.15, 0.2) is 77.0 Å². The monoisotopic (exact) mass is 448 g/mol. The molecule has 0 bridgehead atoms. The normalized spacial score (nSPS) is 13.9. The van der Waals surface area contributed by atoms with Crippen molar-refractivity contribution in [3.63, 3.8) is 0 Å². The molecule has 0 radical (unpaired) electrons. The number of hydrogen-bond donors (Lipinski definition) is 0. The van der Waals surface area contributed by atoms with Crippen molar-refractivity contribution < 1.29 is 19.1 Å². The van der Waals surface area contributed by atoms with Gasteiger partial charge in [0.1, 0.15) is 11.5 Å². The van der Waals surface area contributed by atoms with Crippen molar-refractivity contribution in [1.29, 1.82) is 0 Å². The molecular weight excluding hydrogens is 432 g/mol. The molecule has 0 amide bonds. The Morgan fingerprint density at radius 1 is 1.03 bits per heavy atom. The van der Waals surface area contributed by atoms with Crippen molar-refractivity contribution in [2.75, 3.05) is 0 Å². The average molecular weight is 449 g/mol. The SMILES string of the molecule is CCc1ccc(C=C2Oc3cc(OC(=O)c4ccc(Br)cc4)ccc3C2=O)cc1. The number of hydrogen-bond acceptors (Lipinski definition) is 4. The third-order valence-electron chi connectivity index (χ3n) is 4.62. The lowest BCUT2D eigenvalue weighted by atomic mass is 10.1. The van der Waals surface area contributed by atoms with Crippen LogP contribution in [0.5, 0.6) is 11.5 Å². The molecule has 0 aliphatic carbocycles. The number of halogens is 1. The van der Waals surface area contributed by atoms with Crippen LogP contribution in [0, 0.1) is 0 Å². The van der Waals surface area contributed by atoms with Gasteiger partial charge in [0, 0.05) is 10.5 Å². The highest BCUT2D eigenvalue weighted by molar-refractivity contribution is 9.10. The van der Waals surface area contributed by atoms with E-state index in [1.54, 1.807) is 48.5 Å². The molecule has 0 N–H and O–H groups in total. The summed E-state index contributed by atoms with van der Waals surface area (Å²) in [6, 6.07) is 19.6. The van der Waals surface area contributed by atoms with Crippen LogP contribution in [-0.2, 0) is 6.42 Å². The molecule has 0 saturated carbocycles. The molecule has 29 heavy (non-hydrogen) atoms. The molecular formula is C24H17BrO4. The maximum atomic E-state index is 12.6. The third-order valence-corrected chi connectivity index (χ3v) is 5.15.